The first-order valence-corrected chi connectivity index (χ1v) is 9.04. The quantitative estimate of drug-likeness (QED) is 0.405. The maximum Gasteiger partial charge on any atom is 1.00 e. The second-order valence-corrected chi connectivity index (χ2v) is 6.77. The molecule has 0 unspecified atom stereocenters. The summed E-state index contributed by atoms with van der Waals surface area (Å²) in [5.41, 5.74) is 1.13. The molecule has 0 atom stereocenters. The molecule has 0 aliphatic rings. The largest absolute Gasteiger partial charge is 1.00 e. The molecule has 116 valence electrons. The van der Waals surface area contributed by atoms with Crippen LogP contribution in [-0.2, 0) is 16.5 Å². The molecule has 0 aromatic heterocycles. The molecule has 0 aliphatic carbocycles. The summed E-state index contributed by atoms with van der Waals surface area (Å²) >= 11 is 0. The second kappa shape index (κ2) is 11.7. The average molecular weight is 322 g/mol. The Morgan fingerprint density at radius 2 is 1.38 bits per heavy atom. The molecule has 0 aliphatic heterocycles. The van der Waals surface area contributed by atoms with Gasteiger partial charge in [-0.05, 0) is 30.5 Å². The predicted octanol–water partition coefficient (Wildman–Crippen LogP) is 1.73. The fourth-order valence-electron chi connectivity index (χ4n) is 2.29. The molecule has 3 nitrogen and oxygen atoms in total. The summed E-state index contributed by atoms with van der Waals surface area (Å²) in [5.74, 6) is 0. The first-order valence-electron chi connectivity index (χ1n) is 7.60. The molecule has 1 N–H and O–H groups in total. The SMILES string of the molecule is CCCCCCCCCCc1ccc(S(=O)(=O)O)cc1.[H-].[Na+]. The Bertz CT molecular complexity index is 475. The monoisotopic (exact) mass is 322 g/mol. The van der Waals surface area contributed by atoms with Crippen molar-refractivity contribution in [2.24, 2.45) is 0 Å². The van der Waals surface area contributed by atoms with Crippen LogP contribution in [0.1, 0.15) is 65.3 Å². The molecule has 5 heteroatoms. The van der Waals surface area contributed by atoms with Crippen molar-refractivity contribution in [3.05, 3.63) is 29.8 Å². The number of benzene rings is 1. The molecular weight excluding hydrogens is 295 g/mol. The van der Waals surface area contributed by atoms with Crippen molar-refractivity contribution in [2.75, 3.05) is 0 Å². The fourth-order valence-corrected chi connectivity index (χ4v) is 2.77. The molecule has 1 rings (SSSR count). The Morgan fingerprint density at radius 3 is 1.86 bits per heavy atom. The van der Waals surface area contributed by atoms with Crippen molar-refractivity contribution in [3.8, 4) is 0 Å². The molecule has 0 saturated heterocycles. The fraction of sp³-hybridized carbons (Fsp3) is 0.625. The van der Waals surface area contributed by atoms with E-state index >= 15 is 0 Å². The van der Waals surface area contributed by atoms with Gasteiger partial charge in [0.1, 0.15) is 0 Å². The molecule has 0 radical (unpaired) electrons. The number of aryl methyl sites for hydroxylation is 1. The van der Waals surface area contributed by atoms with Crippen LogP contribution in [0.2, 0.25) is 0 Å². The zero-order chi connectivity index (χ0) is 14.8. The van der Waals surface area contributed by atoms with Gasteiger partial charge in [0, 0.05) is 0 Å². The van der Waals surface area contributed by atoms with Gasteiger partial charge in [-0.1, -0.05) is 64.0 Å². The van der Waals surface area contributed by atoms with Crippen molar-refractivity contribution >= 4 is 10.1 Å². The van der Waals surface area contributed by atoms with Gasteiger partial charge in [0.2, 0.25) is 0 Å². The zero-order valence-electron chi connectivity index (χ0n) is 14.3. The summed E-state index contributed by atoms with van der Waals surface area (Å²) in [4.78, 5) is -0.0304. The Hall–Kier alpha value is 0.130. The van der Waals surface area contributed by atoms with E-state index in [9.17, 15) is 8.42 Å². The molecule has 0 bridgehead atoms. The Kier molecular flexibility index (Phi) is 11.7. The van der Waals surface area contributed by atoms with Crippen LogP contribution >= 0.6 is 0 Å². The first-order chi connectivity index (χ1) is 9.54. The van der Waals surface area contributed by atoms with Crippen LogP contribution in [0.4, 0.5) is 0 Å². The number of rotatable bonds is 10. The predicted molar refractivity (Wildman–Crippen MR) is 83.7 cm³/mol. The van der Waals surface area contributed by atoms with E-state index in [-0.39, 0.29) is 35.9 Å². The van der Waals surface area contributed by atoms with Gasteiger partial charge in [-0.2, -0.15) is 8.42 Å². The maximum atomic E-state index is 10.9. The smallest absolute Gasteiger partial charge is 1.00 e. The Labute approximate surface area is 153 Å². The minimum Gasteiger partial charge on any atom is -1.00 e. The van der Waals surface area contributed by atoms with Gasteiger partial charge in [-0.15, -0.1) is 0 Å². The summed E-state index contributed by atoms with van der Waals surface area (Å²) in [6, 6.07) is 6.50. The van der Waals surface area contributed by atoms with E-state index in [4.69, 9.17) is 4.55 Å². The van der Waals surface area contributed by atoms with E-state index in [1.807, 2.05) is 0 Å². The van der Waals surface area contributed by atoms with Crippen molar-refractivity contribution in [3.63, 3.8) is 0 Å². The number of unbranched alkanes of at least 4 members (excludes halogenated alkanes) is 7. The first kappa shape index (κ1) is 21.1. The van der Waals surface area contributed by atoms with Crippen molar-refractivity contribution in [1.82, 2.24) is 0 Å². The molecule has 1 aromatic carbocycles. The molecular formula is C16H27NaO3S. The van der Waals surface area contributed by atoms with Crippen LogP contribution in [0.5, 0.6) is 0 Å². The summed E-state index contributed by atoms with van der Waals surface area (Å²) in [7, 11) is -4.06. The van der Waals surface area contributed by atoms with E-state index in [1.165, 1.54) is 57.1 Å². The van der Waals surface area contributed by atoms with E-state index in [2.05, 4.69) is 6.92 Å². The minimum atomic E-state index is -4.06. The van der Waals surface area contributed by atoms with Crippen LogP contribution < -0.4 is 29.6 Å². The van der Waals surface area contributed by atoms with E-state index in [0.717, 1.165) is 18.4 Å². The maximum absolute atomic E-state index is 10.9. The molecule has 0 heterocycles. The zero-order valence-corrected chi connectivity index (χ0v) is 16.2. The topological polar surface area (TPSA) is 54.4 Å². The van der Waals surface area contributed by atoms with Crippen LogP contribution in [-0.4, -0.2) is 13.0 Å². The molecule has 0 spiro atoms. The third-order valence-corrected chi connectivity index (χ3v) is 4.41. The van der Waals surface area contributed by atoms with Gasteiger partial charge < -0.3 is 1.43 Å². The summed E-state index contributed by atoms with van der Waals surface area (Å²) in [6.45, 7) is 2.23. The third-order valence-electron chi connectivity index (χ3n) is 3.54. The third kappa shape index (κ3) is 9.69. The normalized spacial score (nSPS) is 11.1. The second-order valence-electron chi connectivity index (χ2n) is 5.34. The number of hydrogen-bond donors (Lipinski definition) is 1. The molecule has 21 heavy (non-hydrogen) atoms. The van der Waals surface area contributed by atoms with Gasteiger partial charge in [0.25, 0.3) is 10.1 Å². The Morgan fingerprint density at radius 1 is 0.905 bits per heavy atom. The van der Waals surface area contributed by atoms with Gasteiger partial charge in [-0.25, -0.2) is 0 Å². The summed E-state index contributed by atoms with van der Waals surface area (Å²) < 4.78 is 30.7. The van der Waals surface area contributed by atoms with E-state index in [1.54, 1.807) is 12.1 Å². The van der Waals surface area contributed by atoms with Gasteiger partial charge in [0.15, 0.2) is 0 Å². The molecule has 1 aromatic rings. The molecule has 0 fully saturated rings. The van der Waals surface area contributed by atoms with E-state index < -0.39 is 10.1 Å². The molecule has 0 saturated carbocycles. The molecule has 0 amide bonds. The number of hydrogen-bond acceptors (Lipinski definition) is 2. The van der Waals surface area contributed by atoms with Crippen LogP contribution in [0.25, 0.3) is 0 Å². The van der Waals surface area contributed by atoms with Crippen molar-refractivity contribution in [1.29, 1.82) is 0 Å². The summed E-state index contributed by atoms with van der Waals surface area (Å²) in [5, 5.41) is 0. The summed E-state index contributed by atoms with van der Waals surface area (Å²) in [6.07, 6.45) is 11.3. The van der Waals surface area contributed by atoms with Gasteiger partial charge in [0.05, 0.1) is 4.90 Å². The van der Waals surface area contributed by atoms with E-state index in [0.29, 0.717) is 0 Å². The van der Waals surface area contributed by atoms with Crippen molar-refractivity contribution < 1.29 is 44.0 Å². The Balaban J connectivity index is 0. The van der Waals surface area contributed by atoms with Crippen LogP contribution in [0.3, 0.4) is 0 Å². The van der Waals surface area contributed by atoms with Crippen molar-refractivity contribution in [2.45, 2.75) is 69.6 Å². The van der Waals surface area contributed by atoms with Crippen LogP contribution in [0, 0.1) is 0 Å². The standard InChI is InChI=1S/C16H26O3S.Na.H/c1-2-3-4-5-6-7-8-9-10-15-11-13-16(14-12-15)20(17,18)19;;/h11-14H,2-10H2,1H3,(H,17,18,19);;/q;+1;-1. The average Bonchev–Trinajstić information content (AvgIpc) is 2.41. The van der Waals surface area contributed by atoms with Gasteiger partial charge in [-0.3, -0.25) is 4.55 Å². The van der Waals surface area contributed by atoms with Crippen LogP contribution in [0.15, 0.2) is 29.2 Å². The minimum absolute atomic E-state index is 0. The van der Waals surface area contributed by atoms with Gasteiger partial charge >= 0.3 is 29.6 Å².